The van der Waals surface area contributed by atoms with Gasteiger partial charge in [0.2, 0.25) is 0 Å². The van der Waals surface area contributed by atoms with Gasteiger partial charge in [-0.3, -0.25) is 0 Å². The van der Waals surface area contributed by atoms with Crippen LogP contribution >= 0.6 is 11.8 Å². The van der Waals surface area contributed by atoms with Gasteiger partial charge in [0.15, 0.2) is 0 Å². The summed E-state index contributed by atoms with van der Waals surface area (Å²) in [5, 5.41) is 13.2. The van der Waals surface area contributed by atoms with Crippen LogP contribution in [0.25, 0.3) is 0 Å². The molecular weight excluding hydrogens is 270 g/mol. The summed E-state index contributed by atoms with van der Waals surface area (Å²) in [7, 11) is 1.71. The monoisotopic (exact) mass is 295 g/mol. The van der Waals surface area contributed by atoms with Gasteiger partial charge < -0.3 is 15.2 Å². The highest BCUT2D eigenvalue weighted by Crippen LogP contribution is 2.37. The molecule has 2 atom stereocenters. The summed E-state index contributed by atoms with van der Waals surface area (Å²) >= 11 is 1.70. The maximum Gasteiger partial charge on any atom is 0.132 e. The first-order valence-corrected chi connectivity index (χ1v) is 8.40. The molecule has 2 rings (SSSR count). The second kappa shape index (κ2) is 6.83. The quantitative estimate of drug-likeness (QED) is 0.792. The number of benzene rings is 1. The first-order chi connectivity index (χ1) is 9.62. The lowest BCUT2D eigenvalue weighted by molar-refractivity contribution is 0.118. The minimum absolute atomic E-state index is 0.0310. The molecule has 0 aromatic heterocycles. The number of methoxy groups -OCH3 is 1. The van der Waals surface area contributed by atoms with Gasteiger partial charge in [-0.15, -0.1) is 11.8 Å². The summed E-state index contributed by atoms with van der Waals surface area (Å²) in [6.45, 7) is 3.26. The minimum Gasteiger partial charge on any atom is -0.496 e. The van der Waals surface area contributed by atoms with Gasteiger partial charge in [0.05, 0.1) is 7.11 Å². The zero-order valence-corrected chi connectivity index (χ0v) is 13.4. The highest BCUT2D eigenvalue weighted by Gasteiger charge is 2.37. The third kappa shape index (κ3) is 3.30. The van der Waals surface area contributed by atoms with E-state index < -0.39 is 0 Å². The van der Waals surface area contributed by atoms with Crippen LogP contribution in [0.3, 0.4) is 0 Å². The average Bonchev–Trinajstić information content (AvgIpc) is 2.86. The Balaban J connectivity index is 2.00. The lowest BCUT2D eigenvalue weighted by Gasteiger charge is -2.30. The van der Waals surface area contributed by atoms with Crippen LogP contribution in [-0.2, 0) is 6.54 Å². The lowest BCUT2D eigenvalue weighted by atomic mass is 9.86. The fraction of sp³-hybridized carbons (Fsp3) is 0.625. The maximum absolute atomic E-state index is 9.58. The van der Waals surface area contributed by atoms with E-state index in [9.17, 15) is 5.11 Å². The molecule has 1 aliphatic carbocycles. The highest BCUT2D eigenvalue weighted by molar-refractivity contribution is 7.98. The van der Waals surface area contributed by atoms with Crippen molar-refractivity contribution in [2.75, 3.05) is 20.0 Å². The van der Waals surface area contributed by atoms with Gasteiger partial charge in [0, 0.05) is 29.5 Å². The SMILES string of the molecule is COc1cc(CNC2CCCC2(C)CO)ccc1SC. The van der Waals surface area contributed by atoms with E-state index in [-0.39, 0.29) is 12.0 Å². The molecule has 0 heterocycles. The Bertz CT molecular complexity index is 452. The molecule has 0 radical (unpaired) electrons. The first-order valence-electron chi connectivity index (χ1n) is 7.18. The normalized spacial score (nSPS) is 25.9. The molecule has 1 aromatic rings. The standard InChI is InChI=1S/C16H25NO2S/c1-16(11-18)8-4-5-15(16)17-10-12-6-7-14(20-3)13(9-12)19-2/h6-7,9,15,17-18H,4-5,8,10-11H2,1-3H3. The van der Waals surface area contributed by atoms with Gasteiger partial charge in [0.25, 0.3) is 0 Å². The van der Waals surface area contributed by atoms with Gasteiger partial charge in [-0.05, 0) is 36.8 Å². The lowest BCUT2D eigenvalue weighted by Crippen LogP contribution is -2.41. The number of hydrogen-bond acceptors (Lipinski definition) is 4. The fourth-order valence-electron chi connectivity index (χ4n) is 3.00. The van der Waals surface area contributed by atoms with Crippen molar-refractivity contribution in [3.8, 4) is 5.75 Å². The zero-order chi connectivity index (χ0) is 14.6. The van der Waals surface area contributed by atoms with Crippen molar-refractivity contribution in [2.45, 2.75) is 43.7 Å². The fourth-order valence-corrected chi connectivity index (χ4v) is 3.55. The Labute approximate surface area is 126 Å². The third-order valence-electron chi connectivity index (χ3n) is 4.44. The van der Waals surface area contributed by atoms with Crippen molar-refractivity contribution in [1.29, 1.82) is 0 Å². The number of nitrogens with one attached hydrogen (secondary N) is 1. The van der Waals surface area contributed by atoms with Crippen LogP contribution in [-0.4, -0.2) is 31.1 Å². The molecule has 3 nitrogen and oxygen atoms in total. The molecule has 20 heavy (non-hydrogen) atoms. The molecule has 2 unspecified atom stereocenters. The number of aliphatic hydroxyl groups is 1. The van der Waals surface area contributed by atoms with Gasteiger partial charge in [-0.2, -0.15) is 0 Å². The molecular formula is C16H25NO2S. The summed E-state index contributed by atoms with van der Waals surface area (Å²) in [6.07, 6.45) is 5.51. The molecule has 0 aliphatic heterocycles. The van der Waals surface area contributed by atoms with E-state index in [4.69, 9.17) is 4.74 Å². The second-order valence-corrected chi connectivity index (χ2v) is 6.68. The largest absolute Gasteiger partial charge is 0.496 e. The number of rotatable bonds is 6. The summed E-state index contributed by atoms with van der Waals surface area (Å²) in [6, 6.07) is 6.76. The maximum atomic E-state index is 9.58. The van der Waals surface area contributed by atoms with E-state index in [1.807, 2.05) is 0 Å². The van der Waals surface area contributed by atoms with Crippen LogP contribution in [0.2, 0.25) is 0 Å². The van der Waals surface area contributed by atoms with E-state index in [1.165, 1.54) is 12.0 Å². The second-order valence-electron chi connectivity index (χ2n) is 5.83. The van der Waals surface area contributed by atoms with Crippen LogP contribution in [0.1, 0.15) is 31.7 Å². The molecule has 0 saturated heterocycles. The molecule has 0 bridgehead atoms. The van der Waals surface area contributed by atoms with Crippen LogP contribution in [0, 0.1) is 5.41 Å². The number of aliphatic hydroxyl groups excluding tert-OH is 1. The van der Waals surface area contributed by atoms with E-state index in [2.05, 4.69) is 36.7 Å². The van der Waals surface area contributed by atoms with Crippen LogP contribution in [0.15, 0.2) is 23.1 Å². The Kier molecular flexibility index (Phi) is 5.35. The summed E-state index contributed by atoms with van der Waals surface area (Å²) in [5.74, 6) is 0.938. The molecule has 0 amide bonds. The van der Waals surface area contributed by atoms with E-state index in [0.29, 0.717) is 6.04 Å². The molecule has 2 N–H and O–H groups in total. The van der Waals surface area contributed by atoms with Crippen molar-refractivity contribution >= 4 is 11.8 Å². The van der Waals surface area contributed by atoms with Crippen LogP contribution < -0.4 is 10.1 Å². The minimum atomic E-state index is 0.0310. The number of ether oxygens (including phenoxy) is 1. The Morgan fingerprint density at radius 2 is 2.30 bits per heavy atom. The Morgan fingerprint density at radius 3 is 2.95 bits per heavy atom. The molecule has 1 fully saturated rings. The summed E-state index contributed by atoms with van der Waals surface area (Å²) in [4.78, 5) is 1.16. The van der Waals surface area contributed by atoms with Gasteiger partial charge in [-0.25, -0.2) is 0 Å². The topological polar surface area (TPSA) is 41.5 Å². The Morgan fingerprint density at radius 1 is 1.50 bits per heavy atom. The molecule has 112 valence electrons. The first kappa shape index (κ1) is 15.7. The zero-order valence-electron chi connectivity index (χ0n) is 12.6. The van der Waals surface area contributed by atoms with Crippen molar-refractivity contribution in [3.63, 3.8) is 0 Å². The van der Waals surface area contributed by atoms with Crippen molar-refractivity contribution < 1.29 is 9.84 Å². The predicted octanol–water partition coefficient (Wildman–Crippen LogP) is 3.06. The highest BCUT2D eigenvalue weighted by atomic mass is 32.2. The smallest absolute Gasteiger partial charge is 0.132 e. The summed E-state index contributed by atoms with van der Waals surface area (Å²) < 4.78 is 5.42. The van der Waals surface area contributed by atoms with Crippen LogP contribution in [0.4, 0.5) is 0 Å². The van der Waals surface area contributed by atoms with Gasteiger partial charge in [0.1, 0.15) is 5.75 Å². The number of thioether (sulfide) groups is 1. The number of hydrogen-bond donors (Lipinski definition) is 2. The van der Waals surface area contributed by atoms with Gasteiger partial charge in [-0.1, -0.05) is 19.4 Å². The van der Waals surface area contributed by atoms with E-state index in [0.717, 1.165) is 30.0 Å². The Hall–Kier alpha value is -0.710. The van der Waals surface area contributed by atoms with Crippen LogP contribution in [0.5, 0.6) is 5.75 Å². The van der Waals surface area contributed by atoms with Crippen molar-refractivity contribution in [1.82, 2.24) is 5.32 Å². The van der Waals surface area contributed by atoms with Gasteiger partial charge >= 0.3 is 0 Å². The predicted molar refractivity (Wildman–Crippen MR) is 84.4 cm³/mol. The molecule has 1 aromatic carbocycles. The average molecular weight is 295 g/mol. The van der Waals surface area contributed by atoms with Crippen molar-refractivity contribution in [3.05, 3.63) is 23.8 Å². The van der Waals surface area contributed by atoms with Crippen molar-refractivity contribution in [2.24, 2.45) is 5.41 Å². The molecule has 1 aliphatic rings. The molecule has 1 saturated carbocycles. The van der Waals surface area contributed by atoms with E-state index in [1.54, 1.807) is 18.9 Å². The summed E-state index contributed by atoms with van der Waals surface area (Å²) in [5.41, 5.74) is 1.26. The molecule has 4 heteroatoms. The molecule has 0 spiro atoms. The van der Waals surface area contributed by atoms with E-state index >= 15 is 0 Å². The third-order valence-corrected chi connectivity index (χ3v) is 5.22.